The molecule has 2 aromatic rings. The minimum absolute atomic E-state index is 0.191. The number of para-hydroxylation sites is 1. The quantitative estimate of drug-likeness (QED) is 0.695. The van der Waals surface area contributed by atoms with Crippen LogP contribution < -0.4 is 10.2 Å². The van der Waals surface area contributed by atoms with E-state index in [1.165, 1.54) is 16.2 Å². The highest BCUT2D eigenvalue weighted by Crippen LogP contribution is 2.36. The number of benzene rings is 1. The number of hydrogen-bond acceptors (Lipinski definition) is 6. The fourth-order valence-corrected chi connectivity index (χ4v) is 3.64. The summed E-state index contributed by atoms with van der Waals surface area (Å²) < 4.78 is 0. The molecule has 144 valence electrons. The Morgan fingerprint density at radius 3 is 2.68 bits per heavy atom. The maximum absolute atomic E-state index is 12.8. The highest BCUT2D eigenvalue weighted by atomic mass is 32.1. The van der Waals surface area contributed by atoms with Gasteiger partial charge in [0.1, 0.15) is 4.88 Å². The minimum Gasteiger partial charge on any atom is -0.352 e. The number of nitrogens with one attached hydrogen (secondary N) is 1. The molecular formula is C20H21N5O2S. The second kappa shape index (κ2) is 8.31. The van der Waals surface area contributed by atoms with E-state index in [1.54, 1.807) is 43.7 Å². The predicted octanol–water partition coefficient (Wildman–Crippen LogP) is 3.42. The van der Waals surface area contributed by atoms with E-state index in [-0.39, 0.29) is 11.8 Å². The molecule has 1 N–H and O–H groups in total. The number of aromatic nitrogens is 1. The molecule has 0 atom stereocenters. The summed E-state index contributed by atoms with van der Waals surface area (Å²) in [4.78, 5) is 31.7. The molecule has 0 fully saturated rings. The lowest BCUT2D eigenvalue weighted by molar-refractivity contribution is 0.0952. The van der Waals surface area contributed by atoms with Crippen molar-refractivity contribution >= 4 is 28.8 Å². The number of thiazole rings is 1. The summed E-state index contributed by atoms with van der Waals surface area (Å²) in [5.41, 5.74) is 2.86. The van der Waals surface area contributed by atoms with Crippen molar-refractivity contribution in [3.05, 3.63) is 45.9 Å². The average molecular weight is 395 g/mol. The molecule has 8 heteroatoms. The van der Waals surface area contributed by atoms with Gasteiger partial charge in [-0.25, -0.2) is 4.98 Å². The highest BCUT2D eigenvalue weighted by molar-refractivity contribution is 7.12. The van der Waals surface area contributed by atoms with Gasteiger partial charge in [-0.2, -0.15) is 10.2 Å². The predicted molar refractivity (Wildman–Crippen MR) is 109 cm³/mol. The maximum atomic E-state index is 12.8. The number of amides is 2. The SMILES string of the molecule is C#CCCC1(CCNC(=O)c2ccccc2N(C)C(=O)c2scnc2C)N=N1. The number of rotatable bonds is 8. The normalized spacial score (nSPS) is 13.6. The molecule has 1 aromatic carbocycles. The number of hydrogen-bond donors (Lipinski definition) is 1. The van der Waals surface area contributed by atoms with E-state index in [4.69, 9.17) is 6.42 Å². The number of carbonyl (C=O) groups excluding carboxylic acids is 2. The zero-order chi connectivity index (χ0) is 20.1. The first-order valence-electron chi connectivity index (χ1n) is 8.90. The summed E-state index contributed by atoms with van der Waals surface area (Å²) in [6.07, 6.45) is 7.20. The number of nitrogens with zero attached hydrogens (tertiary/aromatic N) is 4. The molecular weight excluding hydrogens is 374 g/mol. The Morgan fingerprint density at radius 2 is 2.04 bits per heavy atom. The van der Waals surface area contributed by atoms with Crippen LogP contribution >= 0.6 is 11.3 Å². The monoisotopic (exact) mass is 395 g/mol. The van der Waals surface area contributed by atoms with Gasteiger partial charge in [-0.15, -0.1) is 23.7 Å². The topological polar surface area (TPSA) is 87.0 Å². The molecule has 0 spiro atoms. The average Bonchev–Trinajstić information content (AvgIpc) is 3.35. The number of terminal acetylenes is 1. The third kappa shape index (κ3) is 4.26. The van der Waals surface area contributed by atoms with E-state index in [0.29, 0.717) is 47.6 Å². The first kappa shape index (κ1) is 19.7. The van der Waals surface area contributed by atoms with E-state index in [9.17, 15) is 9.59 Å². The summed E-state index contributed by atoms with van der Waals surface area (Å²) in [6, 6.07) is 7.03. The lowest BCUT2D eigenvalue weighted by Gasteiger charge is -2.20. The molecule has 0 saturated carbocycles. The third-order valence-corrected chi connectivity index (χ3v) is 5.53. The number of aryl methyl sites for hydroxylation is 1. The van der Waals surface area contributed by atoms with Crippen LogP contribution in [0.1, 0.15) is 45.0 Å². The molecule has 0 bridgehead atoms. The second-order valence-corrected chi connectivity index (χ2v) is 7.40. The molecule has 0 saturated heterocycles. The zero-order valence-corrected chi connectivity index (χ0v) is 16.6. The van der Waals surface area contributed by atoms with Gasteiger partial charge in [-0.05, 0) is 19.1 Å². The van der Waals surface area contributed by atoms with Crippen molar-refractivity contribution in [2.45, 2.75) is 31.8 Å². The van der Waals surface area contributed by atoms with E-state index < -0.39 is 5.66 Å². The van der Waals surface area contributed by atoms with E-state index in [2.05, 4.69) is 26.4 Å². The van der Waals surface area contributed by atoms with Crippen LogP contribution in [0.3, 0.4) is 0 Å². The molecule has 3 rings (SSSR count). The largest absolute Gasteiger partial charge is 0.352 e. The first-order valence-corrected chi connectivity index (χ1v) is 9.78. The van der Waals surface area contributed by atoms with Crippen molar-refractivity contribution in [2.24, 2.45) is 10.2 Å². The van der Waals surface area contributed by atoms with Crippen molar-refractivity contribution in [3.63, 3.8) is 0 Å². The van der Waals surface area contributed by atoms with Crippen LogP contribution in [0.15, 0.2) is 40.0 Å². The van der Waals surface area contributed by atoms with Gasteiger partial charge in [0.25, 0.3) is 11.8 Å². The van der Waals surface area contributed by atoms with Crippen LogP contribution in [-0.2, 0) is 0 Å². The van der Waals surface area contributed by atoms with Gasteiger partial charge in [-0.3, -0.25) is 9.59 Å². The number of anilines is 1. The molecule has 2 amide bonds. The van der Waals surface area contributed by atoms with Gasteiger partial charge >= 0.3 is 0 Å². The molecule has 0 radical (unpaired) electrons. The maximum Gasteiger partial charge on any atom is 0.270 e. The molecule has 28 heavy (non-hydrogen) atoms. The molecule has 0 aliphatic carbocycles. The van der Waals surface area contributed by atoms with Crippen LogP contribution in [0.25, 0.3) is 0 Å². The smallest absolute Gasteiger partial charge is 0.270 e. The van der Waals surface area contributed by atoms with Crippen molar-refractivity contribution in [1.82, 2.24) is 10.3 Å². The minimum atomic E-state index is -0.435. The Kier molecular flexibility index (Phi) is 5.85. The van der Waals surface area contributed by atoms with Gasteiger partial charge in [0.2, 0.25) is 0 Å². The Labute approximate surface area is 167 Å². The zero-order valence-electron chi connectivity index (χ0n) is 15.8. The second-order valence-electron chi connectivity index (χ2n) is 6.54. The molecule has 7 nitrogen and oxygen atoms in total. The van der Waals surface area contributed by atoms with Crippen LogP contribution in [-0.4, -0.2) is 36.1 Å². The van der Waals surface area contributed by atoms with Gasteiger partial charge in [-0.1, -0.05) is 12.1 Å². The number of carbonyl (C=O) groups is 2. The van der Waals surface area contributed by atoms with Crippen molar-refractivity contribution in [3.8, 4) is 12.3 Å². The van der Waals surface area contributed by atoms with Crippen molar-refractivity contribution in [1.29, 1.82) is 0 Å². The van der Waals surface area contributed by atoms with E-state index >= 15 is 0 Å². The third-order valence-electron chi connectivity index (χ3n) is 4.62. The summed E-state index contributed by atoms with van der Waals surface area (Å²) in [7, 11) is 1.66. The van der Waals surface area contributed by atoms with E-state index in [0.717, 1.165) is 0 Å². The Morgan fingerprint density at radius 1 is 1.29 bits per heavy atom. The van der Waals surface area contributed by atoms with Crippen LogP contribution in [0.2, 0.25) is 0 Å². The highest BCUT2D eigenvalue weighted by Gasteiger charge is 2.38. The van der Waals surface area contributed by atoms with Gasteiger partial charge in [0.05, 0.1) is 22.5 Å². The molecule has 0 unspecified atom stereocenters. The van der Waals surface area contributed by atoms with Crippen molar-refractivity contribution < 1.29 is 9.59 Å². The lowest BCUT2D eigenvalue weighted by atomic mass is 10.0. The van der Waals surface area contributed by atoms with Crippen LogP contribution in [0, 0.1) is 19.3 Å². The summed E-state index contributed by atoms with van der Waals surface area (Å²) in [6.45, 7) is 2.22. The van der Waals surface area contributed by atoms with Crippen LogP contribution in [0.4, 0.5) is 5.69 Å². The van der Waals surface area contributed by atoms with E-state index in [1.807, 2.05) is 0 Å². The van der Waals surface area contributed by atoms with Crippen LogP contribution in [0.5, 0.6) is 0 Å². The summed E-state index contributed by atoms with van der Waals surface area (Å²) in [5, 5.41) is 11.0. The first-order chi connectivity index (χ1) is 13.5. The summed E-state index contributed by atoms with van der Waals surface area (Å²) >= 11 is 1.29. The lowest BCUT2D eigenvalue weighted by Crippen LogP contribution is -2.32. The Hall–Kier alpha value is -3.05. The Balaban J connectivity index is 1.66. The molecule has 2 heterocycles. The van der Waals surface area contributed by atoms with Gasteiger partial charge in [0, 0.05) is 32.9 Å². The standard InChI is InChI=1S/C20H21N5O2S/c1-4-5-10-20(23-24-20)11-12-21-18(26)15-8-6-7-9-16(15)25(3)19(27)17-14(2)22-13-28-17/h1,6-9,13H,5,10-12H2,2-3H3,(H,21,26). The fraction of sp³-hybridized carbons (Fsp3) is 0.350. The molecule has 1 aromatic heterocycles. The summed E-state index contributed by atoms with van der Waals surface area (Å²) in [5.74, 6) is 2.15. The van der Waals surface area contributed by atoms with Crippen molar-refractivity contribution in [2.75, 3.05) is 18.5 Å². The molecule has 1 aliphatic rings. The molecule has 1 aliphatic heterocycles. The fourth-order valence-electron chi connectivity index (χ4n) is 2.87. The van der Waals surface area contributed by atoms with Gasteiger partial charge < -0.3 is 10.2 Å². The Bertz CT molecular complexity index is 954. The van der Waals surface area contributed by atoms with Gasteiger partial charge in [0.15, 0.2) is 5.66 Å².